The summed E-state index contributed by atoms with van der Waals surface area (Å²) < 4.78 is 14.9. The molecule has 2 aromatic carbocycles. The molecule has 0 amide bonds. The Morgan fingerprint density at radius 3 is 2.38 bits per heavy atom. The van der Waals surface area contributed by atoms with Gasteiger partial charge in [0.2, 0.25) is 0 Å². The molecule has 0 aliphatic rings. The van der Waals surface area contributed by atoms with Gasteiger partial charge in [-0.3, -0.25) is 4.79 Å². The third-order valence-corrected chi connectivity index (χ3v) is 6.01. The van der Waals surface area contributed by atoms with E-state index in [9.17, 15) is 9.18 Å². The zero-order chi connectivity index (χ0) is 20.7. The van der Waals surface area contributed by atoms with E-state index in [1.165, 1.54) is 23.9 Å². The molecule has 4 aromatic rings. The Bertz CT molecular complexity index is 1310. The van der Waals surface area contributed by atoms with Gasteiger partial charge in [0.15, 0.2) is 0 Å². The number of fused-ring (bicyclic) bond motifs is 1. The van der Waals surface area contributed by atoms with Gasteiger partial charge in [-0.2, -0.15) is 10.1 Å². The van der Waals surface area contributed by atoms with E-state index in [1.807, 2.05) is 0 Å². The molecule has 29 heavy (non-hydrogen) atoms. The van der Waals surface area contributed by atoms with E-state index >= 15 is 0 Å². The maximum atomic E-state index is 13.4. The van der Waals surface area contributed by atoms with Crippen LogP contribution in [0.5, 0.6) is 0 Å². The number of hydrogen-bond acceptors (Lipinski definition) is 4. The van der Waals surface area contributed by atoms with Crippen LogP contribution < -0.4 is 5.56 Å². The van der Waals surface area contributed by atoms with Gasteiger partial charge < -0.3 is 0 Å². The number of halogens is 4. The first-order valence-electron chi connectivity index (χ1n) is 8.33. The van der Waals surface area contributed by atoms with E-state index in [2.05, 4.69) is 10.1 Å². The summed E-state index contributed by atoms with van der Waals surface area (Å²) in [4.78, 5) is 17.5. The number of rotatable bonds is 3. The molecule has 0 saturated heterocycles. The highest BCUT2D eigenvalue weighted by molar-refractivity contribution is 7.99. The average molecular weight is 467 g/mol. The normalized spacial score (nSPS) is 11.2. The van der Waals surface area contributed by atoms with E-state index < -0.39 is 11.4 Å². The number of nitrogens with zero attached hydrogens (tertiary/aromatic N) is 3. The average Bonchev–Trinajstić information content (AvgIpc) is 2.67. The highest BCUT2D eigenvalue weighted by atomic mass is 35.5. The molecule has 0 fully saturated rings. The molecule has 0 saturated carbocycles. The lowest BCUT2D eigenvalue weighted by atomic mass is 10.1. The van der Waals surface area contributed by atoms with Crippen LogP contribution >= 0.6 is 46.6 Å². The molecular weight excluding hydrogens is 456 g/mol. The number of hydrogen-bond donors (Lipinski definition) is 0. The number of aryl methyl sites for hydroxylation is 1. The summed E-state index contributed by atoms with van der Waals surface area (Å²) in [5.74, 6) is -0.0716. The Balaban J connectivity index is 1.88. The molecule has 146 valence electrons. The fraction of sp³-hybridized carbons (Fsp3) is 0.0500. The van der Waals surface area contributed by atoms with Gasteiger partial charge in [-0.05, 0) is 49.4 Å². The Morgan fingerprint density at radius 2 is 1.69 bits per heavy atom. The van der Waals surface area contributed by atoms with Crippen LogP contribution in [-0.2, 0) is 0 Å². The van der Waals surface area contributed by atoms with E-state index in [0.717, 1.165) is 4.90 Å². The molecule has 4 nitrogen and oxygen atoms in total. The predicted octanol–water partition coefficient (Wildman–Crippen LogP) is 6.32. The molecule has 0 N–H and O–H groups in total. The lowest BCUT2D eigenvalue weighted by Gasteiger charge is -2.12. The molecule has 0 spiro atoms. The largest absolute Gasteiger partial charge is 0.281 e. The smallest absolute Gasteiger partial charge is 0.267 e. The lowest BCUT2D eigenvalue weighted by Crippen LogP contribution is -2.17. The number of aromatic nitrogens is 3. The quantitative estimate of drug-likeness (QED) is 0.355. The van der Waals surface area contributed by atoms with Gasteiger partial charge in [-0.15, -0.1) is 0 Å². The van der Waals surface area contributed by atoms with Crippen molar-refractivity contribution in [2.24, 2.45) is 0 Å². The SMILES string of the molecule is Cc1nc(=O)c(-c2c(Cl)cccc2Cl)c2ccc(Sc3ccc(F)c(Cl)c3)nn12. The zero-order valence-electron chi connectivity index (χ0n) is 14.8. The van der Waals surface area contributed by atoms with E-state index in [-0.39, 0.29) is 10.6 Å². The summed E-state index contributed by atoms with van der Waals surface area (Å²) in [7, 11) is 0. The minimum atomic E-state index is -0.485. The van der Waals surface area contributed by atoms with Crippen LogP contribution in [0.3, 0.4) is 0 Å². The van der Waals surface area contributed by atoms with Crippen molar-refractivity contribution in [1.82, 2.24) is 14.6 Å². The third kappa shape index (κ3) is 3.85. The standard InChI is InChI=1S/C20H11Cl3FN3OS/c1-10-25-20(28)19(18-12(21)3-2-4-13(18)22)16-7-8-17(26-27(10)16)29-11-5-6-15(24)14(23)9-11/h2-9H,1H3. The van der Waals surface area contributed by atoms with Crippen molar-refractivity contribution in [3.8, 4) is 11.1 Å². The first-order chi connectivity index (χ1) is 13.8. The van der Waals surface area contributed by atoms with Crippen LogP contribution in [0.25, 0.3) is 16.6 Å². The molecule has 0 aliphatic heterocycles. The van der Waals surface area contributed by atoms with Crippen molar-refractivity contribution in [3.05, 3.63) is 85.6 Å². The summed E-state index contributed by atoms with van der Waals surface area (Å²) in [6.07, 6.45) is 0. The van der Waals surface area contributed by atoms with Gasteiger partial charge in [0, 0.05) is 10.5 Å². The summed E-state index contributed by atoms with van der Waals surface area (Å²) in [5, 5.41) is 5.91. The van der Waals surface area contributed by atoms with E-state index in [4.69, 9.17) is 34.8 Å². The van der Waals surface area contributed by atoms with Crippen molar-refractivity contribution in [3.63, 3.8) is 0 Å². The van der Waals surface area contributed by atoms with Crippen LogP contribution in [0.4, 0.5) is 4.39 Å². The second-order valence-electron chi connectivity index (χ2n) is 6.08. The van der Waals surface area contributed by atoms with Crippen molar-refractivity contribution >= 4 is 52.1 Å². The van der Waals surface area contributed by atoms with Crippen LogP contribution in [0, 0.1) is 12.7 Å². The summed E-state index contributed by atoms with van der Waals surface area (Å²) in [6, 6.07) is 13.0. The van der Waals surface area contributed by atoms with Crippen LogP contribution in [-0.4, -0.2) is 14.6 Å². The molecular formula is C20H11Cl3FN3OS. The molecule has 4 rings (SSSR count). The van der Waals surface area contributed by atoms with E-state index in [1.54, 1.807) is 47.8 Å². The minimum Gasteiger partial charge on any atom is -0.267 e. The molecule has 9 heteroatoms. The van der Waals surface area contributed by atoms with Crippen molar-refractivity contribution in [1.29, 1.82) is 0 Å². The van der Waals surface area contributed by atoms with Crippen LogP contribution in [0.15, 0.2) is 63.2 Å². The maximum absolute atomic E-state index is 13.4. The van der Waals surface area contributed by atoms with Gasteiger partial charge in [0.1, 0.15) is 16.7 Å². The summed E-state index contributed by atoms with van der Waals surface area (Å²) in [5.41, 5.74) is 0.780. The second kappa shape index (κ2) is 7.95. The molecule has 0 aliphatic carbocycles. The van der Waals surface area contributed by atoms with Crippen molar-refractivity contribution in [2.75, 3.05) is 0 Å². The zero-order valence-corrected chi connectivity index (χ0v) is 17.9. The van der Waals surface area contributed by atoms with Gasteiger partial charge in [-0.25, -0.2) is 8.91 Å². The maximum Gasteiger partial charge on any atom is 0.281 e. The molecule has 2 aromatic heterocycles. The molecule has 0 unspecified atom stereocenters. The van der Waals surface area contributed by atoms with Crippen molar-refractivity contribution in [2.45, 2.75) is 16.8 Å². The van der Waals surface area contributed by atoms with Gasteiger partial charge in [0.25, 0.3) is 5.56 Å². The summed E-state index contributed by atoms with van der Waals surface area (Å²) >= 11 is 19.8. The molecule has 2 heterocycles. The van der Waals surface area contributed by atoms with Gasteiger partial charge in [-0.1, -0.05) is 52.6 Å². The third-order valence-electron chi connectivity index (χ3n) is 4.18. The summed E-state index contributed by atoms with van der Waals surface area (Å²) in [6.45, 7) is 1.68. The van der Waals surface area contributed by atoms with Crippen molar-refractivity contribution < 1.29 is 4.39 Å². The molecule has 0 atom stereocenters. The fourth-order valence-electron chi connectivity index (χ4n) is 2.89. The van der Waals surface area contributed by atoms with Gasteiger partial charge >= 0.3 is 0 Å². The Labute approximate surface area is 184 Å². The van der Waals surface area contributed by atoms with Crippen LogP contribution in [0.2, 0.25) is 15.1 Å². The predicted molar refractivity (Wildman–Crippen MR) is 115 cm³/mol. The Hall–Kier alpha value is -2.12. The first-order valence-corrected chi connectivity index (χ1v) is 10.3. The highest BCUT2D eigenvalue weighted by Gasteiger charge is 2.18. The van der Waals surface area contributed by atoms with E-state index in [0.29, 0.717) is 32.0 Å². The number of benzene rings is 2. The van der Waals surface area contributed by atoms with Gasteiger partial charge in [0.05, 0.1) is 26.1 Å². The minimum absolute atomic E-state index is 0.0351. The Kier molecular flexibility index (Phi) is 5.53. The second-order valence-corrected chi connectivity index (χ2v) is 8.40. The molecule has 0 radical (unpaired) electrons. The lowest BCUT2D eigenvalue weighted by molar-refractivity contribution is 0.627. The first kappa shape index (κ1) is 20.2. The molecule has 0 bridgehead atoms. The highest BCUT2D eigenvalue weighted by Crippen LogP contribution is 2.35. The monoisotopic (exact) mass is 465 g/mol. The Morgan fingerprint density at radius 1 is 0.966 bits per heavy atom. The fourth-order valence-corrected chi connectivity index (χ4v) is 4.53. The topological polar surface area (TPSA) is 47.3 Å². The van der Waals surface area contributed by atoms with Crippen LogP contribution in [0.1, 0.15) is 5.82 Å².